The number of aromatic hydroxyl groups is 1. The number of nitrogens with zero attached hydrogens (tertiary/aromatic N) is 3. The molecule has 0 spiro atoms. The van der Waals surface area contributed by atoms with Crippen LogP contribution >= 0.6 is 0 Å². The van der Waals surface area contributed by atoms with Crippen molar-refractivity contribution in [1.29, 1.82) is 0 Å². The van der Waals surface area contributed by atoms with Crippen molar-refractivity contribution in [2.45, 2.75) is 40.0 Å². The summed E-state index contributed by atoms with van der Waals surface area (Å²) in [6.07, 6.45) is 1.93. The van der Waals surface area contributed by atoms with Crippen molar-refractivity contribution in [3.8, 4) is 45.1 Å². The summed E-state index contributed by atoms with van der Waals surface area (Å²) in [4.78, 5) is 10.0. The fourth-order valence-electron chi connectivity index (χ4n) is 6.06. The van der Waals surface area contributed by atoms with Crippen LogP contribution in [0.5, 0.6) is 5.75 Å². The number of pyridine rings is 1. The van der Waals surface area contributed by atoms with Gasteiger partial charge in [0.25, 0.3) is 0 Å². The first kappa shape index (κ1) is 30.5. The summed E-state index contributed by atoms with van der Waals surface area (Å²) in [6, 6.07) is 38.8. The van der Waals surface area contributed by atoms with Crippen LogP contribution in [-0.2, 0) is 26.5 Å². The second-order valence-electron chi connectivity index (χ2n) is 12.6. The maximum Gasteiger partial charge on any atom is 0.148 e. The van der Waals surface area contributed by atoms with Crippen molar-refractivity contribution in [3.63, 3.8) is 0 Å². The van der Waals surface area contributed by atoms with Gasteiger partial charge in [0.1, 0.15) is 11.6 Å². The molecule has 0 bridgehead atoms. The maximum absolute atomic E-state index is 10.9. The molecule has 2 heterocycles. The molecule has 0 atom stereocenters. The molecular formula is C40H34N3OPt-. The molecular weight excluding hydrogens is 734 g/mol. The van der Waals surface area contributed by atoms with Gasteiger partial charge in [-0.05, 0) is 72.2 Å². The monoisotopic (exact) mass is 767 g/mol. The molecule has 0 saturated heterocycles. The summed E-state index contributed by atoms with van der Waals surface area (Å²) in [5, 5.41) is 12.0. The SMILES string of the molecule is Cc1cnc2c(-c3[c-]c(-c4cccc5c4nc(-c4ccccc4O)n5-c4ccc(C(C)(C)C)cc4)ccc3)c(C)ccc2c1.[Pt]. The molecule has 0 unspecified atom stereocenters. The fraction of sp³-hybridized carbons (Fsp3) is 0.150. The van der Waals surface area contributed by atoms with Crippen LogP contribution < -0.4 is 0 Å². The molecule has 7 rings (SSSR count). The maximum atomic E-state index is 10.9. The Morgan fingerprint density at radius 3 is 2.20 bits per heavy atom. The van der Waals surface area contributed by atoms with E-state index in [2.05, 4.69) is 124 Å². The standard InChI is InChI=1S/C40H34N3O.Pt/c1-25-22-29-17-16-26(2)36(37(29)41-24-25)28-11-8-10-27(23-28)32-13-9-14-34-38(32)42-39(33-12-6-7-15-35(33)44)43(34)31-20-18-30(19-21-31)40(3,4)5;/h6-22,24,44H,1-5H3;/q-1;. The van der Waals surface area contributed by atoms with Gasteiger partial charge in [0, 0.05) is 38.5 Å². The van der Waals surface area contributed by atoms with Gasteiger partial charge in [-0.15, -0.1) is 35.4 Å². The van der Waals surface area contributed by atoms with Gasteiger partial charge in [-0.3, -0.25) is 9.55 Å². The first-order valence-corrected chi connectivity index (χ1v) is 15.0. The van der Waals surface area contributed by atoms with Crippen LogP contribution in [0.3, 0.4) is 0 Å². The molecule has 1 N–H and O–H groups in total. The Morgan fingerprint density at radius 1 is 0.733 bits per heavy atom. The molecule has 0 aliphatic heterocycles. The molecule has 0 amide bonds. The van der Waals surface area contributed by atoms with Crippen LogP contribution in [0.4, 0.5) is 0 Å². The number of benzene rings is 5. The molecule has 2 aromatic heterocycles. The van der Waals surface area contributed by atoms with E-state index >= 15 is 0 Å². The largest absolute Gasteiger partial charge is 0.507 e. The quantitative estimate of drug-likeness (QED) is 0.182. The van der Waals surface area contributed by atoms with E-state index in [1.54, 1.807) is 6.07 Å². The molecule has 5 aromatic carbocycles. The Kier molecular flexibility index (Phi) is 7.97. The predicted octanol–water partition coefficient (Wildman–Crippen LogP) is 9.99. The van der Waals surface area contributed by atoms with Gasteiger partial charge in [-0.25, -0.2) is 4.98 Å². The predicted molar refractivity (Wildman–Crippen MR) is 181 cm³/mol. The second kappa shape index (κ2) is 11.8. The van der Waals surface area contributed by atoms with E-state index in [0.717, 1.165) is 61.0 Å². The summed E-state index contributed by atoms with van der Waals surface area (Å²) in [5.41, 5.74) is 12.1. The minimum absolute atomic E-state index is 0. The summed E-state index contributed by atoms with van der Waals surface area (Å²) in [7, 11) is 0. The van der Waals surface area contributed by atoms with Crippen molar-refractivity contribution in [2.24, 2.45) is 0 Å². The number of fused-ring (bicyclic) bond motifs is 2. The minimum atomic E-state index is 0. The van der Waals surface area contributed by atoms with E-state index in [0.29, 0.717) is 11.4 Å². The Bertz CT molecular complexity index is 2190. The van der Waals surface area contributed by atoms with Gasteiger partial charge < -0.3 is 5.11 Å². The molecule has 226 valence electrons. The van der Waals surface area contributed by atoms with Crippen LogP contribution in [0.1, 0.15) is 37.5 Å². The topological polar surface area (TPSA) is 50.9 Å². The first-order valence-electron chi connectivity index (χ1n) is 15.0. The normalized spacial score (nSPS) is 11.6. The van der Waals surface area contributed by atoms with Crippen molar-refractivity contribution in [2.75, 3.05) is 0 Å². The average Bonchev–Trinajstić information content (AvgIpc) is 3.40. The number of aromatic nitrogens is 3. The van der Waals surface area contributed by atoms with E-state index < -0.39 is 0 Å². The molecule has 0 fully saturated rings. The molecule has 5 heteroatoms. The molecule has 4 nitrogen and oxygen atoms in total. The third-order valence-electron chi connectivity index (χ3n) is 8.37. The second-order valence-corrected chi connectivity index (χ2v) is 12.6. The Balaban J connectivity index is 0.00000357. The molecule has 0 saturated carbocycles. The summed E-state index contributed by atoms with van der Waals surface area (Å²) in [6.45, 7) is 10.9. The van der Waals surface area contributed by atoms with Gasteiger partial charge in [0.05, 0.1) is 16.6 Å². The fourth-order valence-corrected chi connectivity index (χ4v) is 6.06. The number of hydrogen-bond acceptors (Lipinski definition) is 3. The summed E-state index contributed by atoms with van der Waals surface area (Å²) >= 11 is 0. The zero-order valence-electron chi connectivity index (χ0n) is 26.0. The van der Waals surface area contributed by atoms with Gasteiger partial charge in [-0.2, -0.15) is 0 Å². The average molecular weight is 768 g/mol. The van der Waals surface area contributed by atoms with Gasteiger partial charge >= 0.3 is 0 Å². The number of aryl methyl sites for hydroxylation is 2. The van der Waals surface area contributed by atoms with Crippen LogP contribution in [0.15, 0.2) is 109 Å². The molecule has 7 aromatic rings. The number of para-hydroxylation sites is 2. The molecule has 0 aliphatic rings. The minimum Gasteiger partial charge on any atom is -0.507 e. The summed E-state index contributed by atoms with van der Waals surface area (Å²) < 4.78 is 2.14. The zero-order valence-corrected chi connectivity index (χ0v) is 28.3. The van der Waals surface area contributed by atoms with Gasteiger partial charge in [0.15, 0.2) is 0 Å². The molecule has 0 radical (unpaired) electrons. The molecule has 45 heavy (non-hydrogen) atoms. The van der Waals surface area contributed by atoms with Crippen LogP contribution in [0.25, 0.3) is 61.3 Å². The van der Waals surface area contributed by atoms with Crippen LogP contribution in [-0.4, -0.2) is 19.6 Å². The number of imidazole rings is 1. The third kappa shape index (κ3) is 5.49. The van der Waals surface area contributed by atoms with E-state index in [1.165, 1.54) is 5.56 Å². The number of hydrogen-bond donors (Lipinski definition) is 1. The Morgan fingerprint density at radius 2 is 1.44 bits per heavy atom. The van der Waals surface area contributed by atoms with E-state index in [9.17, 15) is 5.11 Å². The number of phenolic OH excluding ortho intramolecular Hbond substituents is 1. The summed E-state index contributed by atoms with van der Waals surface area (Å²) in [5.74, 6) is 0.884. The third-order valence-corrected chi connectivity index (χ3v) is 8.37. The van der Waals surface area contributed by atoms with E-state index in [1.807, 2.05) is 24.4 Å². The Labute approximate surface area is 278 Å². The van der Waals surface area contributed by atoms with E-state index in [4.69, 9.17) is 9.97 Å². The van der Waals surface area contributed by atoms with Gasteiger partial charge in [-0.1, -0.05) is 86.0 Å². The number of rotatable bonds is 4. The van der Waals surface area contributed by atoms with Crippen molar-refractivity contribution < 1.29 is 26.2 Å². The zero-order chi connectivity index (χ0) is 30.6. The van der Waals surface area contributed by atoms with Crippen molar-refractivity contribution in [1.82, 2.24) is 14.5 Å². The van der Waals surface area contributed by atoms with Gasteiger partial charge in [0.2, 0.25) is 0 Å². The van der Waals surface area contributed by atoms with Crippen LogP contribution in [0, 0.1) is 19.9 Å². The first-order chi connectivity index (χ1) is 21.2. The Hall–Kier alpha value is -4.53. The van der Waals surface area contributed by atoms with Crippen molar-refractivity contribution in [3.05, 3.63) is 132 Å². The van der Waals surface area contributed by atoms with Crippen molar-refractivity contribution >= 4 is 21.9 Å². The number of phenols is 1. The molecule has 0 aliphatic carbocycles. The van der Waals surface area contributed by atoms with Crippen LogP contribution in [0.2, 0.25) is 0 Å². The van der Waals surface area contributed by atoms with E-state index in [-0.39, 0.29) is 32.2 Å². The smallest absolute Gasteiger partial charge is 0.148 e.